The first-order valence-corrected chi connectivity index (χ1v) is 7.46. The molecule has 0 atom stereocenters. The molecular weight excluding hydrogens is 198 g/mol. The van der Waals surface area contributed by atoms with Gasteiger partial charge in [0.25, 0.3) is 0 Å². The summed E-state index contributed by atoms with van der Waals surface area (Å²) in [5.74, 6) is 0.360. The summed E-state index contributed by atoms with van der Waals surface area (Å²) in [6.45, 7) is 1.03. The van der Waals surface area contributed by atoms with Gasteiger partial charge in [0, 0.05) is 18.8 Å². The molecule has 0 unspecified atom stereocenters. The molecule has 0 aromatic rings. The Hall–Kier alpha value is -0.0900. The van der Waals surface area contributed by atoms with E-state index in [1.807, 2.05) is 0 Å². The number of rotatable bonds is 6. The molecule has 0 aliphatic heterocycles. The van der Waals surface area contributed by atoms with Gasteiger partial charge in [-0.15, -0.1) is 0 Å². The highest BCUT2D eigenvalue weighted by Gasteiger charge is 2.43. The van der Waals surface area contributed by atoms with Gasteiger partial charge in [0.2, 0.25) is 0 Å². The molecule has 2 aliphatic rings. The van der Waals surface area contributed by atoms with Gasteiger partial charge < -0.3 is 5.32 Å². The van der Waals surface area contributed by atoms with Crippen LogP contribution >= 0.6 is 0 Å². The smallest absolute Gasteiger partial charge is 0.147 e. The summed E-state index contributed by atoms with van der Waals surface area (Å²) in [4.78, 5) is 0. The normalized spacial score (nSPS) is 24.9. The Morgan fingerprint density at radius 2 is 2.00 bits per heavy atom. The predicted octanol–water partition coefficient (Wildman–Crippen LogP) is 0.953. The summed E-state index contributed by atoms with van der Waals surface area (Å²) in [7, 11) is -2.77. The molecule has 2 rings (SSSR count). The van der Waals surface area contributed by atoms with Gasteiger partial charge in [-0.2, -0.15) is 0 Å². The Balaban J connectivity index is 1.72. The van der Waals surface area contributed by atoms with Crippen LogP contribution in [0.25, 0.3) is 0 Å². The van der Waals surface area contributed by atoms with Crippen LogP contribution in [-0.2, 0) is 9.84 Å². The summed E-state index contributed by atoms with van der Waals surface area (Å²) in [5.41, 5.74) is 0.339. The maximum atomic E-state index is 11.0. The van der Waals surface area contributed by atoms with E-state index in [0.29, 0.717) is 11.2 Å². The third-order valence-corrected chi connectivity index (χ3v) is 4.25. The quantitative estimate of drug-likeness (QED) is 0.720. The van der Waals surface area contributed by atoms with E-state index in [0.717, 1.165) is 19.0 Å². The molecule has 0 amide bonds. The Labute approximate surface area is 86.2 Å². The molecule has 0 spiro atoms. The first-order chi connectivity index (χ1) is 6.49. The summed E-state index contributed by atoms with van der Waals surface area (Å²) < 4.78 is 22.1. The summed E-state index contributed by atoms with van der Waals surface area (Å²) in [5, 5.41) is 3.50. The molecule has 82 valence electrons. The van der Waals surface area contributed by atoms with E-state index < -0.39 is 9.84 Å². The number of sulfone groups is 1. The van der Waals surface area contributed by atoms with Gasteiger partial charge in [-0.1, -0.05) is 0 Å². The lowest BCUT2D eigenvalue weighted by Gasteiger charge is -2.14. The molecule has 3 nitrogen and oxygen atoms in total. The van der Waals surface area contributed by atoms with Gasteiger partial charge in [-0.25, -0.2) is 8.42 Å². The topological polar surface area (TPSA) is 46.2 Å². The largest absolute Gasteiger partial charge is 0.313 e. The lowest BCUT2D eigenvalue weighted by Crippen LogP contribution is -2.27. The summed E-state index contributed by atoms with van der Waals surface area (Å²) in [6, 6.07) is 0.741. The Bertz CT molecular complexity index is 302. The van der Waals surface area contributed by atoms with Gasteiger partial charge >= 0.3 is 0 Å². The highest BCUT2D eigenvalue weighted by Crippen LogP contribution is 2.48. The van der Waals surface area contributed by atoms with E-state index in [1.54, 1.807) is 0 Å². The zero-order valence-electron chi connectivity index (χ0n) is 8.75. The van der Waals surface area contributed by atoms with Gasteiger partial charge in [0.1, 0.15) is 9.84 Å². The molecule has 4 heteroatoms. The molecule has 0 aromatic heterocycles. The molecule has 0 heterocycles. The molecule has 2 saturated carbocycles. The predicted molar refractivity (Wildman–Crippen MR) is 57.0 cm³/mol. The van der Waals surface area contributed by atoms with Crippen molar-refractivity contribution in [2.45, 2.75) is 38.1 Å². The second-order valence-corrected chi connectivity index (χ2v) is 7.29. The van der Waals surface area contributed by atoms with Crippen LogP contribution in [0.4, 0.5) is 0 Å². The van der Waals surface area contributed by atoms with Crippen LogP contribution in [0.15, 0.2) is 0 Å². The van der Waals surface area contributed by atoms with Crippen LogP contribution < -0.4 is 5.32 Å². The Morgan fingerprint density at radius 3 is 2.43 bits per heavy atom. The SMILES string of the molecule is CS(=O)(=O)CCC1(CNC2CC2)CC1. The standard InChI is InChI=1S/C10H19NO2S/c1-14(12,13)7-6-10(4-5-10)8-11-9-2-3-9/h9,11H,2-8H2,1H3. The average Bonchev–Trinajstić information content (AvgIpc) is 2.95. The Morgan fingerprint density at radius 1 is 1.36 bits per heavy atom. The zero-order valence-corrected chi connectivity index (χ0v) is 9.57. The van der Waals surface area contributed by atoms with E-state index in [-0.39, 0.29) is 0 Å². The van der Waals surface area contributed by atoms with Crippen molar-refractivity contribution < 1.29 is 8.42 Å². The van der Waals surface area contributed by atoms with E-state index in [2.05, 4.69) is 5.32 Å². The molecule has 14 heavy (non-hydrogen) atoms. The monoisotopic (exact) mass is 217 g/mol. The Kier molecular flexibility index (Phi) is 2.60. The van der Waals surface area contributed by atoms with Gasteiger partial charge in [-0.3, -0.25) is 0 Å². The van der Waals surface area contributed by atoms with E-state index in [4.69, 9.17) is 0 Å². The van der Waals surface area contributed by atoms with Gasteiger partial charge in [0.15, 0.2) is 0 Å². The number of nitrogens with one attached hydrogen (secondary N) is 1. The van der Waals surface area contributed by atoms with Gasteiger partial charge in [-0.05, 0) is 37.5 Å². The minimum Gasteiger partial charge on any atom is -0.313 e. The van der Waals surface area contributed by atoms with Crippen LogP contribution in [0.3, 0.4) is 0 Å². The summed E-state index contributed by atoms with van der Waals surface area (Å²) in [6.07, 6.45) is 7.22. The van der Waals surface area contributed by atoms with Crippen molar-refractivity contribution in [2.24, 2.45) is 5.41 Å². The fourth-order valence-electron chi connectivity index (χ4n) is 1.74. The molecule has 1 N–H and O–H groups in total. The highest BCUT2D eigenvalue weighted by atomic mass is 32.2. The van der Waals surface area contributed by atoms with Crippen molar-refractivity contribution >= 4 is 9.84 Å². The first kappa shape index (κ1) is 10.4. The summed E-state index contributed by atoms with van der Waals surface area (Å²) >= 11 is 0. The van der Waals surface area contributed by atoms with Crippen LogP contribution in [0, 0.1) is 5.41 Å². The third kappa shape index (κ3) is 3.24. The number of hydrogen-bond acceptors (Lipinski definition) is 3. The number of hydrogen-bond donors (Lipinski definition) is 1. The minimum absolute atomic E-state index is 0.339. The van der Waals surface area contributed by atoms with E-state index in [1.165, 1.54) is 31.9 Å². The average molecular weight is 217 g/mol. The highest BCUT2D eigenvalue weighted by molar-refractivity contribution is 7.90. The van der Waals surface area contributed by atoms with Crippen LogP contribution in [-0.4, -0.2) is 33.0 Å². The van der Waals surface area contributed by atoms with Crippen molar-refractivity contribution in [1.29, 1.82) is 0 Å². The van der Waals surface area contributed by atoms with Crippen LogP contribution in [0.5, 0.6) is 0 Å². The second kappa shape index (κ2) is 3.49. The maximum Gasteiger partial charge on any atom is 0.147 e. The second-order valence-electron chi connectivity index (χ2n) is 5.04. The molecule has 2 aliphatic carbocycles. The molecule has 0 radical (unpaired) electrons. The van der Waals surface area contributed by atoms with E-state index in [9.17, 15) is 8.42 Å². The molecular formula is C10H19NO2S. The fourth-order valence-corrected chi connectivity index (χ4v) is 2.55. The van der Waals surface area contributed by atoms with Crippen molar-refractivity contribution in [3.8, 4) is 0 Å². The molecule has 0 aromatic carbocycles. The minimum atomic E-state index is -2.77. The van der Waals surface area contributed by atoms with E-state index >= 15 is 0 Å². The van der Waals surface area contributed by atoms with Crippen LogP contribution in [0.1, 0.15) is 32.1 Å². The fraction of sp³-hybridized carbons (Fsp3) is 1.00. The van der Waals surface area contributed by atoms with Crippen LogP contribution in [0.2, 0.25) is 0 Å². The van der Waals surface area contributed by atoms with Crippen molar-refractivity contribution in [2.75, 3.05) is 18.6 Å². The lowest BCUT2D eigenvalue weighted by atomic mass is 10.0. The molecule has 2 fully saturated rings. The molecule has 0 saturated heterocycles. The third-order valence-electron chi connectivity index (χ3n) is 3.30. The van der Waals surface area contributed by atoms with Crippen molar-refractivity contribution in [3.05, 3.63) is 0 Å². The van der Waals surface area contributed by atoms with Crippen molar-refractivity contribution in [3.63, 3.8) is 0 Å². The molecule has 0 bridgehead atoms. The first-order valence-electron chi connectivity index (χ1n) is 5.40. The van der Waals surface area contributed by atoms with Gasteiger partial charge in [0.05, 0.1) is 5.75 Å². The lowest BCUT2D eigenvalue weighted by molar-refractivity contribution is 0.441. The van der Waals surface area contributed by atoms with Crippen molar-refractivity contribution in [1.82, 2.24) is 5.32 Å². The zero-order chi connectivity index (χ0) is 10.2. The maximum absolute atomic E-state index is 11.0.